The molecule has 0 saturated heterocycles. The molecule has 2 aliphatic rings. The number of fused-ring (bicyclic) bond motifs is 3. The Morgan fingerprint density at radius 2 is 1.82 bits per heavy atom. The largest absolute Gasteiger partial charge is 0.493 e. The number of hydrogen-bond acceptors (Lipinski definition) is 8. The number of pyridine rings is 1. The van der Waals surface area contributed by atoms with Crippen molar-refractivity contribution in [3.63, 3.8) is 0 Å². The average Bonchev–Trinajstić information content (AvgIpc) is 2.77. The second-order valence-electron chi connectivity index (χ2n) is 7.68. The van der Waals surface area contributed by atoms with Crippen LogP contribution in [0.2, 0.25) is 0 Å². The van der Waals surface area contributed by atoms with Gasteiger partial charge in [0.25, 0.3) is 0 Å². The Labute approximate surface area is 192 Å². The van der Waals surface area contributed by atoms with Crippen LogP contribution in [0.15, 0.2) is 35.5 Å². The highest BCUT2D eigenvalue weighted by molar-refractivity contribution is 7.79. The maximum Gasteiger partial charge on any atom is 0.394 e. The third kappa shape index (κ3) is 6.20. The molecular weight excluding hydrogens is 452 g/mol. The van der Waals surface area contributed by atoms with Crippen molar-refractivity contribution in [3.8, 4) is 17.4 Å². The molecule has 2 heterocycles. The van der Waals surface area contributed by atoms with Crippen LogP contribution in [-0.2, 0) is 10.4 Å². The number of aliphatic imine (C=N–C) groups is 1. The van der Waals surface area contributed by atoms with Crippen LogP contribution in [0.4, 0.5) is 0 Å². The first-order valence-electron chi connectivity index (χ1n) is 10.5. The Bertz CT molecular complexity index is 1090. The topological polar surface area (TPSA) is 148 Å². The molecule has 3 atom stereocenters. The van der Waals surface area contributed by atoms with Crippen LogP contribution in [0, 0.1) is 0 Å². The number of methoxy groups -OCH3 is 2. The number of benzene rings is 1. The predicted molar refractivity (Wildman–Crippen MR) is 121 cm³/mol. The standard InChI is InChI=1S/C22H26N2O4.H2O4S/c1-4-28-20-10-15-16-9-14(25)6-7-18(16)24-22(17(15)11-19(20)26-2)13-5-8-21(27-3)23-12-13;1-5(2,3)4/h5,8,10-12,14,16,18,25H,4,6-7,9H2,1-3H3;(H2,1,2,3,4)/t14-,16-,18-;/m1./s1. The highest BCUT2D eigenvalue weighted by Crippen LogP contribution is 2.44. The number of hydrogen-bond donors (Lipinski definition) is 3. The van der Waals surface area contributed by atoms with Gasteiger partial charge in [-0.05, 0) is 49.9 Å². The second-order valence-corrected chi connectivity index (χ2v) is 8.57. The summed E-state index contributed by atoms with van der Waals surface area (Å²) in [7, 11) is -1.42. The van der Waals surface area contributed by atoms with Crippen molar-refractivity contribution in [2.75, 3.05) is 20.8 Å². The van der Waals surface area contributed by atoms with E-state index in [0.29, 0.717) is 24.7 Å². The van der Waals surface area contributed by atoms with Gasteiger partial charge in [-0.1, -0.05) is 0 Å². The number of aliphatic hydroxyl groups is 1. The van der Waals surface area contributed by atoms with Crippen LogP contribution >= 0.6 is 0 Å². The lowest BCUT2D eigenvalue weighted by Gasteiger charge is -2.37. The van der Waals surface area contributed by atoms with Crippen LogP contribution < -0.4 is 14.2 Å². The van der Waals surface area contributed by atoms with Gasteiger partial charge in [-0.2, -0.15) is 8.42 Å². The molecule has 1 aromatic heterocycles. The number of aliphatic hydroxyl groups excluding tert-OH is 1. The molecule has 10 nitrogen and oxygen atoms in total. The predicted octanol–water partition coefficient (Wildman–Crippen LogP) is 2.69. The van der Waals surface area contributed by atoms with Gasteiger partial charge in [0.15, 0.2) is 11.5 Å². The van der Waals surface area contributed by atoms with Gasteiger partial charge in [0, 0.05) is 29.3 Å². The second kappa shape index (κ2) is 10.5. The van der Waals surface area contributed by atoms with E-state index in [1.165, 1.54) is 0 Å². The first-order chi connectivity index (χ1) is 15.6. The summed E-state index contributed by atoms with van der Waals surface area (Å²) in [6, 6.07) is 8.05. The summed E-state index contributed by atoms with van der Waals surface area (Å²) in [6.45, 7) is 2.52. The Morgan fingerprint density at radius 3 is 2.39 bits per heavy atom. The van der Waals surface area contributed by atoms with Gasteiger partial charge >= 0.3 is 10.4 Å². The van der Waals surface area contributed by atoms with E-state index in [2.05, 4.69) is 11.1 Å². The van der Waals surface area contributed by atoms with Crippen LogP contribution in [0.25, 0.3) is 0 Å². The van der Waals surface area contributed by atoms with Crippen molar-refractivity contribution < 1.29 is 36.8 Å². The highest BCUT2D eigenvalue weighted by Gasteiger charge is 2.37. The first-order valence-corrected chi connectivity index (χ1v) is 11.9. The van der Waals surface area contributed by atoms with Gasteiger partial charge in [-0.25, -0.2) is 4.98 Å². The quantitative estimate of drug-likeness (QED) is 0.549. The van der Waals surface area contributed by atoms with Crippen molar-refractivity contribution in [2.24, 2.45) is 4.99 Å². The maximum atomic E-state index is 10.3. The number of ether oxygens (including phenoxy) is 3. The van der Waals surface area contributed by atoms with E-state index in [-0.39, 0.29) is 18.1 Å². The third-order valence-corrected chi connectivity index (χ3v) is 5.59. The molecule has 3 N–H and O–H groups in total. The zero-order chi connectivity index (χ0) is 24.2. The van der Waals surface area contributed by atoms with Gasteiger partial charge in [0.05, 0.1) is 38.7 Å². The van der Waals surface area contributed by atoms with Crippen molar-refractivity contribution >= 4 is 16.1 Å². The summed E-state index contributed by atoms with van der Waals surface area (Å²) in [6.07, 6.45) is 3.87. The summed E-state index contributed by atoms with van der Waals surface area (Å²) in [5, 5.41) is 10.3. The van der Waals surface area contributed by atoms with Gasteiger partial charge in [0.1, 0.15) is 0 Å². The van der Waals surface area contributed by atoms with E-state index in [1.54, 1.807) is 20.4 Å². The Morgan fingerprint density at radius 1 is 1.09 bits per heavy atom. The molecule has 2 aromatic rings. The van der Waals surface area contributed by atoms with Crippen LogP contribution in [-0.4, -0.2) is 66.3 Å². The molecule has 1 aliphatic carbocycles. The molecular formula is C22H28N2O8S. The Hall–Kier alpha value is -2.73. The van der Waals surface area contributed by atoms with Crippen molar-refractivity contribution in [1.29, 1.82) is 0 Å². The Kier molecular flexibility index (Phi) is 7.90. The van der Waals surface area contributed by atoms with Crippen LogP contribution in [0.5, 0.6) is 17.4 Å². The minimum absolute atomic E-state index is 0.149. The van der Waals surface area contributed by atoms with Gasteiger partial charge in [-0.15, -0.1) is 0 Å². The zero-order valence-corrected chi connectivity index (χ0v) is 19.4. The fourth-order valence-corrected chi connectivity index (χ4v) is 4.24. The van der Waals surface area contributed by atoms with Crippen LogP contribution in [0.1, 0.15) is 48.8 Å². The lowest BCUT2D eigenvalue weighted by molar-refractivity contribution is 0.111. The van der Waals surface area contributed by atoms with Crippen LogP contribution in [0.3, 0.4) is 0 Å². The molecule has 1 aliphatic heterocycles. The molecule has 0 unspecified atom stereocenters. The molecule has 11 heteroatoms. The summed E-state index contributed by atoms with van der Waals surface area (Å²) in [5.41, 5.74) is 4.03. The summed E-state index contributed by atoms with van der Waals surface area (Å²) < 4.78 is 48.2. The Balaban J connectivity index is 0.000000555. The zero-order valence-electron chi connectivity index (χ0n) is 18.6. The van der Waals surface area contributed by atoms with E-state index >= 15 is 0 Å². The van der Waals surface area contributed by atoms with E-state index < -0.39 is 10.4 Å². The first kappa shape index (κ1) is 24.9. The normalized spacial score (nSPS) is 21.5. The maximum absolute atomic E-state index is 10.3. The SMILES string of the molecule is CCOc1cc2c(cc1OC)C(c1ccc(OC)nc1)=N[C@@H]1CC[C@@H](O)C[C@H]21.O=S(=O)(O)O. The molecule has 0 radical (unpaired) electrons. The lowest BCUT2D eigenvalue weighted by atomic mass is 9.74. The molecule has 180 valence electrons. The van der Waals surface area contributed by atoms with E-state index in [9.17, 15) is 5.11 Å². The number of aromatic nitrogens is 1. The van der Waals surface area contributed by atoms with Crippen molar-refractivity contribution in [2.45, 2.75) is 44.2 Å². The van der Waals surface area contributed by atoms with Crippen molar-refractivity contribution in [3.05, 3.63) is 47.2 Å². The third-order valence-electron chi connectivity index (χ3n) is 5.59. The van der Waals surface area contributed by atoms with Gasteiger partial charge < -0.3 is 19.3 Å². The fourth-order valence-electron chi connectivity index (χ4n) is 4.24. The molecule has 1 fully saturated rings. The lowest BCUT2D eigenvalue weighted by Crippen LogP contribution is -2.34. The van der Waals surface area contributed by atoms with E-state index in [4.69, 9.17) is 36.7 Å². The van der Waals surface area contributed by atoms with E-state index in [0.717, 1.165) is 41.0 Å². The molecule has 33 heavy (non-hydrogen) atoms. The van der Waals surface area contributed by atoms with Crippen molar-refractivity contribution in [1.82, 2.24) is 4.98 Å². The molecule has 4 rings (SSSR count). The van der Waals surface area contributed by atoms with Gasteiger partial charge in [0.2, 0.25) is 5.88 Å². The number of nitrogens with zero attached hydrogens (tertiary/aromatic N) is 2. The monoisotopic (exact) mass is 480 g/mol. The van der Waals surface area contributed by atoms with Gasteiger partial charge in [-0.3, -0.25) is 14.1 Å². The summed E-state index contributed by atoms with van der Waals surface area (Å²) in [5.74, 6) is 2.17. The molecule has 1 saturated carbocycles. The summed E-state index contributed by atoms with van der Waals surface area (Å²) >= 11 is 0. The molecule has 0 bridgehead atoms. The smallest absolute Gasteiger partial charge is 0.394 e. The fraction of sp³-hybridized carbons (Fsp3) is 0.455. The highest BCUT2D eigenvalue weighted by atomic mass is 32.3. The minimum Gasteiger partial charge on any atom is -0.493 e. The summed E-state index contributed by atoms with van der Waals surface area (Å²) in [4.78, 5) is 9.44. The molecule has 0 spiro atoms. The minimum atomic E-state index is -4.67. The number of rotatable bonds is 5. The van der Waals surface area contributed by atoms with E-state index in [1.807, 2.05) is 25.1 Å². The average molecular weight is 481 g/mol. The molecule has 1 aromatic carbocycles. The molecule has 0 amide bonds.